The van der Waals surface area contributed by atoms with Gasteiger partial charge in [0.2, 0.25) is 0 Å². The summed E-state index contributed by atoms with van der Waals surface area (Å²) < 4.78 is 28.3. The molecule has 0 saturated carbocycles. The smallest absolute Gasteiger partial charge is 0.410 e. The van der Waals surface area contributed by atoms with Gasteiger partial charge >= 0.3 is 6.09 Å². The largest absolute Gasteiger partial charge is 0.444 e. The zero-order valence-electron chi connectivity index (χ0n) is 12.2. The molecule has 7 nitrogen and oxygen atoms in total. The molecule has 1 saturated heterocycles. The van der Waals surface area contributed by atoms with Gasteiger partial charge in [0.1, 0.15) is 5.60 Å². The highest BCUT2D eigenvalue weighted by atomic mass is 32.2. The molecule has 3 unspecified atom stereocenters. The standard InChI is InChI=1S/C12H23NO6S/c1-8(14)5-13(11(16)19-12(2,3)4)9-6-20(17,18)7-10(9)15/h8-10,14-15H,5-7H2,1-4H3. The first-order valence-electron chi connectivity index (χ1n) is 6.47. The normalized spacial score (nSPS) is 27.1. The fourth-order valence-electron chi connectivity index (χ4n) is 2.06. The van der Waals surface area contributed by atoms with E-state index in [9.17, 15) is 23.4 Å². The van der Waals surface area contributed by atoms with E-state index in [1.54, 1.807) is 20.8 Å². The van der Waals surface area contributed by atoms with Crippen molar-refractivity contribution in [2.45, 2.75) is 51.5 Å². The van der Waals surface area contributed by atoms with Crippen molar-refractivity contribution in [3.63, 3.8) is 0 Å². The number of rotatable bonds is 3. The molecule has 20 heavy (non-hydrogen) atoms. The highest BCUT2D eigenvalue weighted by molar-refractivity contribution is 7.91. The number of carbonyl (C=O) groups is 1. The number of aliphatic hydroxyl groups excluding tert-OH is 2. The molecule has 0 spiro atoms. The van der Waals surface area contributed by atoms with Gasteiger partial charge in [0.05, 0.1) is 36.3 Å². The zero-order chi connectivity index (χ0) is 15.7. The minimum absolute atomic E-state index is 0.0911. The molecule has 1 rings (SSSR count). The molecule has 0 aromatic rings. The van der Waals surface area contributed by atoms with Crippen LogP contribution in [0.15, 0.2) is 0 Å². The van der Waals surface area contributed by atoms with Crippen LogP contribution < -0.4 is 0 Å². The first-order chi connectivity index (χ1) is 8.91. The summed E-state index contributed by atoms with van der Waals surface area (Å²) in [6, 6.07) is -0.885. The van der Waals surface area contributed by atoms with Gasteiger partial charge in [0, 0.05) is 0 Å². The van der Waals surface area contributed by atoms with Gasteiger partial charge in [0.25, 0.3) is 0 Å². The van der Waals surface area contributed by atoms with E-state index in [0.717, 1.165) is 4.90 Å². The maximum absolute atomic E-state index is 12.1. The average Bonchev–Trinajstić information content (AvgIpc) is 2.45. The molecule has 0 aromatic carbocycles. The van der Waals surface area contributed by atoms with Crippen molar-refractivity contribution in [2.24, 2.45) is 0 Å². The summed E-state index contributed by atoms with van der Waals surface area (Å²) in [5.41, 5.74) is -0.740. The lowest BCUT2D eigenvalue weighted by molar-refractivity contribution is -0.00709. The van der Waals surface area contributed by atoms with Crippen LogP contribution in [-0.2, 0) is 14.6 Å². The molecule has 2 N–H and O–H groups in total. The number of sulfone groups is 1. The Hall–Kier alpha value is -0.860. The topological polar surface area (TPSA) is 104 Å². The predicted molar refractivity (Wildman–Crippen MR) is 73.1 cm³/mol. The lowest BCUT2D eigenvalue weighted by Gasteiger charge is -2.33. The molecule has 0 aliphatic carbocycles. The Labute approximate surface area is 119 Å². The molecule has 0 aromatic heterocycles. The van der Waals surface area contributed by atoms with E-state index in [1.807, 2.05) is 0 Å². The first-order valence-corrected chi connectivity index (χ1v) is 8.29. The monoisotopic (exact) mass is 309 g/mol. The number of aliphatic hydroxyl groups is 2. The van der Waals surface area contributed by atoms with Gasteiger partial charge in [-0.25, -0.2) is 13.2 Å². The number of hydrogen-bond acceptors (Lipinski definition) is 6. The molecular weight excluding hydrogens is 286 g/mol. The minimum Gasteiger partial charge on any atom is -0.444 e. The van der Waals surface area contributed by atoms with Gasteiger partial charge in [-0.15, -0.1) is 0 Å². The Morgan fingerprint density at radius 2 is 1.95 bits per heavy atom. The van der Waals surface area contributed by atoms with Crippen molar-refractivity contribution in [3.05, 3.63) is 0 Å². The lowest BCUT2D eigenvalue weighted by Crippen LogP contribution is -2.51. The van der Waals surface area contributed by atoms with Crippen LogP contribution in [0.25, 0.3) is 0 Å². The van der Waals surface area contributed by atoms with Crippen LogP contribution >= 0.6 is 0 Å². The summed E-state index contributed by atoms with van der Waals surface area (Å²) in [5.74, 6) is -0.698. The van der Waals surface area contributed by atoms with Crippen LogP contribution in [0.2, 0.25) is 0 Å². The van der Waals surface area contributed by atoms with Crippen molar-refractivity contribution in [2.75, 3.05) is 18.1 Å². The highest BCUT2D eigenvalue weighted by Gasteiger charge is 2.43. The van der Waals surface area contributed by atoms with Crippen LogP contribution in [0.4, 0.5) is 4.79 Å². The van der Waals surface area contributed by atoms with Crippen molar-refractivity contribution in [1.29, 1.82) is 0 Å². The van der Waals surface area contributed by atoms with Crippen molar-refractivity contribution < 1.29 is 28.2 Å². The fourth-order valence-corrected chi connectivity index (χ4v) is 3.86. The Kier molecular flexibility index (Phi) is 5.04. The molecule has 3 atom stereocenters. The molecule has 0 bridgehead atoms. The van der Waals surface area contributed by atoms with Crippen LogP contribution in [0.5, 0.6) is 0 Å². The summed E-state index contributed by atoms with van der Waals surface area (Å²) in [7, 11) is -3.38. The fraction of sp³-hybridized carbons (Fsp3) is 0.917. The molecule has 118 valence electrons. The summed E-state index contributed by atoms with van der Waals surface area (Å²) >= 11 is 0. The third kappa shape index (κ3) is 4.92. The predicted octanol–water partition coefficient (Wildman–Crippen LogP) is -0.238. The quantitative estimate of drug-likeness (QED) is 0.746. The van der Waals surface area contributed by atoms with E-state index < -0.39 is 39.8 Å². The summed E-state index contributed by atoms with van der Waals surface area (Å²) in [6.45, 7) is 6.45. The first kappa shape index (κ1) is 17.2. The van der Waals surface area contributed by atoms with Crippen LogP contribution in [0.1, 0.15) is 27.7 Å². The Morgan fingerprint density at radius 3 is 2.30 bits per heavy atom. The second-order valence-corrected chi connectivity index (χ2v) is 8.35. The zero-order valence-corrected chi connectivity index (χ0v) is 13.1. The van der Waals surface area contributed by atoms with Gasteiger partial charge in [-0.2, -0.15) is 0 Å². The third-order valence-electron chi connectivity index (χ3n) is 2.78. The number of nitrogens with zero attached hydrogens (tertiary/aromatic N) is 1. The van der Waals surface area contributed by atoms with Crippen molar-refractivity contribution >= 4 is 15.9 Å². The van der Waals surface area contributed by atoms with Gasteiger partial charge < -0.3 is 14.9 Å². The summed E-state index contributed by atoms with van der Waals surface area (Å²) in [5, 5.41) is 19.3. The highest BCUT2D eigenvalue weighted by Crippen LogP contribution is 2.21. The molecule has 1 aliphatic rings. The lowest BCUT2D eigenvalue weighted by atomic mass is 10.1. The minimum atomic E-state index is -3.38. The molecule has 1 heterocycles. The molecule has 0 radical (unpaired) electrons. The van der Waals surface area contributed by atoms with E-state index in [0.29, 0.717) is 0 Å². The van der Waals surface area contributed by atoms with Gasteiger partial charge in [-0.05, 0) is 27.7 Å². The third-order valence-corrected chi connectivity index (χ3v) is 4.48. The van der Waals surface area contributed by atoms with E-state index in [1.165, 1.54) is 6.92 Å². The van der Waals surface area contributed by atoms with Crippen molar-refractivity contribution in [1.82, 2.24) is 4.90 Å². The Bertz CT molecular complexity index is 453. The van der Waals surface area contributed by atoms with E-state index in [2.05, 4.69) is 0 Å². The SMILES string of the molecule is CC(O)CN(C(=O)OC(C)(C)C)C1CS(=O)(=O)CC1O. The average molecular weight is 309 g/mol. The number of carbonyl (C=O) groups excluding carboxylic acids is 1. The van der Waals surface area contributed by atoms with Gasteiger partial charge in [-0.3, -0.25) is 4.90 Å². The van der Waals surface area contributed by atoms with Crippen LogP contribution in [-0.4, -0.2) is 71.5 Å². The molecular formula is C12H23NO6S. The van der Waals surface area contributed by atoms with Crippen molar-refractivity contribution in [3.8, 4) is 0 Å². The maximum Gasteiger partial charge on any atom is 0.410 e. The van der Waals surface area contributed by atoms with Gasteiger partial charge in [-0.1, -0.05) is 0 Å². The molecule has 1 aliphatic heterocycles. The van der Waals surface area contributed by atoms with Crippen LogP contribution in [0, 0.1) is 0 Å². The Morgan fingerprint density at radius 1 is 1.40 bits per heavy atom. The molecule has 1 amide bonds. The van der Waals surface area contributed by atoms with E-state index >= 15 is 0 Å². The maximum atomic E-state index is 12.1. The van der Waals surface area contributed by atoms with Gasteiger partial charge in [0.15, 0.2) is 9.84 Å². The van der Waals surface area contributed by atoms with E-state index in [4.69, 9.17) is 4.74 Å². The molecule has 8 heteroatoms. The number of ether oxygens (including phenoxy) is 1. The second kappa shape index (κ2) is 5.87. The number of amides is 1. The number of hydrogen-bond donors (Lipinski definition) is 2. The Balaban J connectivity index is 2.93. The van der Waals surface area contributed by atoms with E-state index in [-0.39, 0.29) is 18.1 Å². The molecule has 1 fully saturated rings. The summed E-state index contributed by atoms with van der Waals surface area (Å²) in [6.07, 6.45) is -2.75. The van der Waals surface area contributed by atoms with Crippen LogP contribution in [0.3, 0.4) is 0 Å². The second-order valence-electron chi connectivity index (χ2n) is 6.19. The summed E-state index contributed by atoms with van der Waals surface area (Å²) in [4.78, 5) is 13.2.